The second-order valence-electron chi connectivity index (χ2n) is 4.41. The Morgan fingerprint density at radius 2 is 1.68 bits per heavy atom. The molecule has 0 radical (unpaired) electrons. The maximum absolute atomic E-state index is 10.4. The lowest BCUT2D eigenvalue weighted by molar-refractivity contribution is 0.220. The van der Waals surface area contributed by atoms with E-state index in [2.05, 4.69) is 20.9 Å². The van der Waals surface area contributed by atoms with Crippen LogP contribution in [-0.4, -0.2) is 10.1 Å². The summed E-state index contributed by atoms with van der Waals surface area (Å²) in [6.45, 7) is 0. The van der Waals surface area contributed by atoms with Crippen LogP contribution >= 0.6 is 15.9 Å². The van der Waals surface area contributed by atoms with Gasteiger partial charge in [0.25, 0.3) is 0 Å². The summed E-state index contributed by atoms with van der Waals surface area (Å²) in [6.07, 6.45) is 1.14. The monoisotopic (exact) mass is 313 g/mol. The van der Waals surface area contributed by atoms with E-state index in [1.165, 1.54) is 0 Å². The lowest BCUT2D eigenvalue weighted by Crippen LogP contribution is -1.99. The van der Waals surface area contributed by atoms with E-state index in [1.807, 2.05) is 54.6 Å². The molecule has 0 bridgehead atoms. The highest BCUT2D eigenvalue weighted by Gasteiger charge is 2.10. The first-order valence-electron chi connectivity index (χ1n) is 6.02. The van der Waals surface area contributed by atoms with Crippen LogP contribution in [0.25, 0.3) is 10.9 Å². The number of pyridine rings is 1. The first-order chi connectivity index (χ1) is 9.24. The molecule has 1 unspecified atom stereocenters. The summed E-state index contributed by atoms with van der Waals surface area (Å²) in [4.78, 5) is 4.31. The van der Waals surface area contributed by atoms with Crippen LogP contribution in [0.2, 0.25) is 0 Å². The smallest absolute Gasteiger partial charge is 0.104 e. The molecule has 94 valence electrons. The largest absolute Gasteiger partial charge is 0.384 e. The molecule has 3 aromatic rings. The number of benzene rings is 2. The topological polar surface area (TPSA) is 33.1 Å². The molecule has 0 saturated carbocycles. The number of aromatic nitrogens is 1. The van der Waals surface area contributed by atoms with Gasteiger partial charge in [-0.25, -0.2) is 0 Å². The van der Waals surface area contributed by atoms with E-state index in [9.17, 15) is 5.11 Å². The molecule has 0 fully saturated rings. The third-order valence-electron chi connectivity index (χ3n) is 3.13. The first-order valence-corrected chi connectivity index (χ1v) is 6.81. The number of halogens is 1. The fraction of sp³-hybridized carbons (Fsp3) is 0.0625. The Kier molecular flexibility index (Phi) is 3.32. The fourth-order valence-electron chi connectivity index (χ4n) is 2.09. The molecule has 19 heavy (non-hydrogen) atoms. The first kappa shape index (κ1) is 12.3. The summed E-state index contributed by atoms with van der Waals surface area (Å²) in [7, 11) is 0. The molecule has 3 heteroatoms. The van der Waals surface area contributed by atoms with Crippen molar-refractivity contribution in [2.75, 3.05) is 0 Å². The molecule has 0 aliphatic carbocycles. The van der Waals surface area contributed by atoms with Crippen molar-refractivity contribution in [3.05, 3.63) is 76.4 Å². The Morgan fingerprint density at radius 3 is 2.47 bits per heavy atom. The standard InChI is InChI=1S/C16H12BrNO/c17-14-7-5-12(6-8-14)16(19)13-4-3-11-2-1-9-18-15(11)10-13/h1-10,16,19H. The molecule has 0 aliphatic rings. The number of nitrogens with zero attached hydrogens (tertiary/aromatic N) is 1. The minimum atomic E-state index is -0.625. The van der Waals surface area contributed by atoms with Gasteiger partial charge in [-0.3, -0.25) is 4.98 Å². The quantitative estimate of drug-likeness (QED) is 0.773. The number of rotatable bonds is 2. The second-order valence-corrected chi connectivity index (χ2v) is 5.33. The second kappa shape index (κ2) is 5.11. The van der Waals surface area contributed by atoms with Crippen LogP contribution in [0.15, 0.2) is 65.3 Å². The van der Waals surface area contributed by atoms with Crippen molar-refractivity contribution < 1.29 is 5.11 Å². The third kappa shape index (κ3) is 2.53. The van der Waals surface area contributed by atoms with Crippen LogP contribution in [0.3, 0.4) is 0 Å². The Morgan fingerprint density at radius 1 is 0.947 bits per heavy atom. The van der Waals surface area contributed by atoms with Crippen molar-refractivity contribution in [1.82, 2.24) is 4.98 Å². The van der Waals surface area contributed by atoms with Gasteiger partial charge in [0.2, 0.25) is 0 Å². The Hall–Kier alpha value is -1.71. The molecule has 0 amide bonds. The van der Waals surface area contributed by atoms with Gasteiger partial charge in [-0.2, -0.15) is 0 Å². The molecule has 1 heterocycles. The zero-order valence-corrected chi connectivity index (χ0v) is 11.7. The van der Waals surface area contributed by atoms with Gasteiger partial charge >= 0.3 is 0 Å². The van der Waals surface area contributed by atoms with E-state index in [4.69, 9.17) is 0 Å². The lowest BCUT2D eigenvalue weighted by atomic mass is 10.0. The summed E-state index contributed by atoms with van der Waals surface area (Å²) < 4.78 is 1.00. The third-order valence-corrected chi connectivity index (χ3v) is 3.66. The molecule has 0 spiro atoms. The van der Waals surface area contributed by atoms with Crippen molar-refractivity contribution in [2.24, 2.45) is 0 Å². The van der Waals surface area contributed by atoms with Crippen molar-refractivity contribution >= 4 is 26.8 Å². The van der Waals surface area contributed by atoms with Gasteiger partial charge in [0.1, 0.15) is 6.10 Å². The zero-order valence-electron chi connectivity index (χ0n) is 10.1. The normalized spacial score (nSPS) is 12.5. The Labute approximate surface area is 119 Å². The summed E-state index contributed by atoms with van der Waals surface area (Å²) in [5.74, 6) is 0. The summed E-state index contributed by atoms with van der Waals surface area (Å²) in [6, 6.07) is 17.5. The molecular formula is C16H12BrNO. The lowest BCUT2D eigenvalue weighted by Gasteiger charge is -2.12. The SMILES string of the molecule is OC(c1ccc(Br)cc1)c1ccc2cccnc2c1. The number of fused-ring (bicyclic) bond motifs is 1. The van der Waals surface area contributed by atoms with Crippen molar-refractivity contribution in [2.45, 2.75) is 6.10 Å². The van der Waals surface area contributed by atoms with E-state index in [0.29, 0.717) is 0 Å². The average Bonchev–Trinajstić information content (AvgIpc) is 2.47. The van der Waals surface area contributed by atoms with Gasteiger partial charge in [0.15, 0.2) is 0 Å². The van der Waals surface area contributed by atoms with Crippen LogP contribution in [-0.2, 0) is 0 Å². The van der Waals surface area contributed by atoms with Crippen LogP contribution in [0, 0.1) is 0 Å². The van der Waals surface area contributed by atoms with Gasteiger partial charge in [-0.15, -0.1) is 0 Å². The zero-order chi connectivity index (χ0) is 13.2. The van der Waals surface area contributed by atoms with Crippen LogP contribution < -0.4 is 0 Å². The molecule has 1 aromatic heterocycles. The number of aliphatic hydroxyl groups excluding tert-OH is 1. The Balaban J connectivity index is 2.01. The molecule has 2 aromatic carbocycles. The predicted octanol–water partition coefficient (Wildman–Crippen LogP) is 4.08. The summed E-state index contributed by atoms with van der Waals surface area (Å²) in [5, 5.41) is 11.5. The van der Waals surface area contributed by atoms with Gasteiger partial charge in [0.05, 0.1) is 5.52 Å². The van der Waals surface area contributed by atoms with Crippen LogP contribution in [0.5, 0.6) is 0 Å². The predicted molar refractivity (Wildman–Crippen MR) is 79.9 cm³/mol. The number of hydrogen-bond donors (Lipinski definition) is 1. The highest BCUT2D eigenvalue weighted by Crippen LogP contribution is 2.25. The van der Waals surface area contributed by atoms with Crippen molar-refractivity contribution in [3.63, 3.8) is 0 Å². The van der Waals surface area contributed by atoms with Crippen LogP contribution in [0.1, 0.15) is 17.2 Å². The van der Waals surface area contributed by atoms with Crippen molar-refractivity contribution in [1.29, 1.82) is 0 Å². The Bertz CT molecular complexity index is 709. The van der Waals surface area contributed by atoms with Gasteiger partial charge in [0, 0.05) is 16.1 Å². The molecule has 3 rings (SSSR count). The van der Waals surface area contributed by atoms with E-state index in [-0.39, 0.29) is 0 Å². The molecular weight excluding hydrogens is 302 g/mol. The van der Waals surface area contributed by atoms with Gasteiger partial charge in [-0.1, -0.05) is 46.3 Å². The molecule has 0 aliphatic heterocycles. The molecule has 1 atom stereocenters. The number of aliphatic hydroxyl groups is 1. The maximum atomic E-state index is 10.4. The van der Waals surface area contributed by atoms with Gasteiger partial charge < -0.3 is 5.11 Å². The maximum Gasteiger partial charge on any atom is 0.104 e. The van der Waals surface area contributed by atoms with E-state index in [0.717, 1.165) is 26.5 Å². The average molecular weight is 314 g/mol. The molecule has 0 saturated heterocycles. The van der Waals surface area contributed by atoms with E-state index >= 15 is 0 Å². The van der Waals surface area contributed by atoms with Crippen molar-refractivity contribution in [3.8, 4) is 0 Å². The minimum absolute atomic E-state index is 0.625. The fourth-order valence-corrected chi connectivity index (χ4v) is 2.36. The van der Waals surface area contributed by atoms with E-state index < -0.39 is 6.10 Å². The highest BCUT2D eigenvalue weighted by atomic mass is 79.9. The summed E-state index contributed by atoms with van der Waals surface area (Å²) >= 11 is 3.39. The number of hydrogen-bond acceptors (Lipinski definition) is 2. The van der Waals surface area contributed by atoms with E-state index in [1.54, 1.807) is 6.20 Å². The highest BCUT2D eigenvalue weighted by molar-refractivity contribution is 9.10. The molecule has 2 nitrogen and oxygen atoms in total. The summed E-state index contributed by atoms with van der Waals surface area (Å²) in [5.41, 5.74) is 2.63. The van der Waals surface area contributed by atoms with Crippen LogP contribution in [0.4, 0.5) is 0 Å². The minimum Gasteiger partial charge on any atom is -0.384 e. The van der Waals surface area contributed by atoms with Gasteiger partial charge in [-0.05, 0) is 35.4 Å². The molecule has 1 N–H and O–H groups in total.